The standard InChI is InChI=1S/C15H19N5OS/c1-11(8-16-14(21)18-15-19-17-10-22-15)20-7-6-12-4-2-3-5-13(12)9-20/h2-5,10-11H,6-9H2,1H3,(H2,16,18,19,21)/t11-/m0/s1. The van der Waals surface area contributed by atoms with E-state index in [1.807, 2.05) is 0 Å². The first kappa shape index (κ1) is 14.9. The average molecular weight is 317 g/mol. The molecule has 0 unspecified atom stereocenters. The predicted molar refractivity (Wildman–Crippen MR) is 86.9 cm³/mol. The Hall–Kier alpha value is -1.99. The van der Waals surface area contributed by atoms with Crippen molar-refractivity contribution in [3.63, 3.8) is 0 Å². The third-order valence-corrected chi connectivity index (χ3v) is 4.53. The number of amides is 2. The molecule has 1 aliphatic rings. The van der Waals surface area contributed by atoms with Crippen LogP contribution >= 0.6 is 11.3 Å². The molecule has 2 aromatic rings. The molecule has 0 radical (unpaired) electrons. The first-order valence-electron chi connectivity index (χ1n) is 7.34. The van der Waals surface area contributed by atoms with Gasteiger partial charge in [-0.2, -0.15) is 0 Å². The second-order valence-electron chi connectivity index (χ2n) is 5.42. The number of hydrogen-bond acceptors (Lipinski definition) is 5. The van der Waals surface area contributed by atoms with Gasteiger partial charge in [-0.1, -0.05) is 35.6 Å². The van der Waals surface area contributed by atoms with Gasteiger partial charge in [0.15, 0.2) is 0 Å². The van der Waals surface area contributed by atoms with E-state index in [-0.39, 0.29) is 12.1 Å². The zero-order valence-corrected chi connectivity index (χ0v) is 13.3. The van der Waals surface area contributed by atoms with Crippen molar-refractivity contribution in [3.8, 4) is 0 Å². The molecule has 0 bridgehead atoms. The Bertz CT molecular complexity index is 631. The summed E-state index contributed by atoms with van der Waals surface area (Å²) < 4.78 is 0. The van der Waals surface area contributed by atoms with E-state index in [0.717, 1.165) is 19.5 Å². The van der Waals surface area contributed by atoms with Crippen molar-refractivity contribution in [1.82, 2.24) is 20.4 Å². The summed E-state index contributed by atoms with van der Waals surface area (Å²) in [5.41, 5.74) is 4.41. The molecular formula is C15H19N5OS. The first-order chi connectivity index (χ1) is 10.7. The van der Waals surface area contributed by atoms with E-state index in [1.165, 1.54) is 22.5 Å². The van der Waals surface area contributed by atoms with Gasteiger partial charge in [0.05, 0.1) is 0 Å². The number of carbonyl (C=O) groups is 1. The van der Waals surface area contributed by atoms with Crippen LogP contribution < -0.4 is 10.6 Å². The Labute approximate surface area is 133 Å². The molecule has 6 nitrogen and oxygen atoms in total. The van der Waals surface area contributed by atoms with Crippen molar-refractivity contribution < 1.29 is 4.79 Å². The highest BCUT2D eigenvalue weighted by atomic mass is 32.1. The third kappa shape index (κ3) is 3.61. The van der Waals surface area contributed by atoms with Crippen LogP contribution in [0.4, 0.5) is 9.93 Å². The number of nitrogens with zero attached hydrogens (tertiary/aromatic N) is 3. The number of nitrogens with one attached hydrogen (secondary N) is 2. The summed E-state index contributed by atoms with van der Waals surface area (Å²) in [4.78, 5) is 14.2. The van der Waals surface area contributed by atoms with Gasteiger partial charge in [-0.15, -0.1) is 10.2 Å². The molecule has 3 rings (SSSR count). The third-order valence-electron chi connectivity index (χ3n) is 3.92. The molecule has 2 N–H and O–H groups in total. The molecule has 0 saturated carbocycles. The van der Waals surface area contributed by atoms with Crippen LogP contribution in [0.2, 0.25) is 0 Å². The predicted octanol–water partition coefficient (Wildman–Crippen LogP) is 2.11. The Morgan fingerprint density at radius 2 is 2.23 bits per heavy atom. The Morgan fingerprint density at radius 1 is 1.41 bits per heavy atom. The van der Waals surface area contributed by atoms with Crippen molar-refractivity contribution in [2.45, 2.75) is 25.9 Å². The minimum atomic E-state index is -0.235. The summed E-state index contributed by atoms with van der Waals surface area (Å²) in [5.74, 6) is 0. The van der Waals surface area contributed by atoms with Crippen LogP contribution in [0.5, 0.6) is 0 Å². The molecular weight excluding hydrogens is 298 g/mol. The van der Waals surface area contributed by atoms with E-state index in [1.54, 1.807) is 5.51 Å². The maximum Gasteiger partial charge on any atom is 0.321 e. The van der Waals surface area contributed by atoms with Crippen LogP contribution in [-0.2, 0) is 13.0 Å². The largest absolute Gasteiger partial charge is 0.336 e. The van der Waals surface area contributed by atoms with Crippen LogP contribution in [0.1, 0.15) is 18.1 Å². The lowest BCUT2D eigenvalue weighted by atomic mass is 9.99. The molecule has 1 atom stereocenters. The quantitative estimate of drug-likeness (QED) is 0.906. The monoisotopic (exact) mass is 317 g/mol. The molecule has 1 aromatic carbocycles. The fraction of sp³-hybridized carbons (Fsp3) is 0.400. The van der Waals surface area contributed by atoms with Crippen molar-refractivity contribution in [2.75, 3.05) is 18.4 Å². The van der Waals surface area contributed by atoms with Crippen LogP contribution in [0.3, 0.4) is 0 Å². The maximum absolute atomic E-state index is 11.8. The number of aromatic nitrogens is 2. The number of rotatable bonds is 4. The van der Waals surface area contributed by atoms with Crippen molar-refractivity contribution >= 4 is 22.5 Å². The van der Waals surface area contributed by atoms with E-state index in [0.29, 0.717) is 11.7 Å². The van der Waals surface area contributed by atoms with Gasteiger partial charge in [0.2, 0.25) is 5.13 Å². The molecule has 1 aromatic heterocycles. The molecule has 7 heteroatoms. The zero-order chi connectivity index (χ0) is 15.4. The lowest BCUT2D eigenvalue weighted by Gasteiger charge is -2.33. The highest BCUT2D eigenvalue weighted by Crippen LogP contribution is 2.19. The molecule has 0 aliphatic carbocycles. The van der Waals surface area contributed by atoms with Gasteiger partial charge in [-0.25, -0.2) is 4.79 Å². The summed E-state index contributed by atoms with van der Waals surface area (Å²) in [6.45, 7) is 4.71. The zero-order valence-electron chi connectivity index (χ0n) is 12.5. The van der Waals surface area contributed by atoms with Gasteiger partial charge >= 0.3 is 6.03 Å². The highest BCUT2D eigenvalue weighted by molar-refractivity contribution is 7.13. The molecule has 2 heterocycles. The number of hydrogen-bond donors (Lipinski definition) is 2. The smallest absolute Gasteiger partial charge is 0.321 e. The van der Waals surface area contributed by atoms with Crippen molar-refractivity contribution in [3.05, 3.63) is 40.9 Å². The summed E-state index contributed by atoms with van der Waals surface area (Å²) in [7, 11) is 0. The van der Waals surface area contributed by atoms with E-state index in [9.17, 15) is 4.79 Å². The maximum atomic E-state index is 11.8. The number of carbonyl (C=O) groups excluding carboxylic acids is 1. The SMILES string of the molecule is C[C@@H](CNC(=O)Nc1nncs1)N1CCc2ccccc2C1. The van der Waals surface area contributed by atoms with Gasteiger partial charge in [0.25, 0.3) is 0 Å². The average Bonchev–Trinajstić information content (AvgIpc) is 3.05. The normalized spacial score (nSPS) is 15.9. The van der Waals surface area contributed by atoms with Crippen LogP contribution in [0, 0.1) is 0 Å². The van der Waals surface area contributed by atoms with Crippen LogP contribution in [0.25, 0.3) is 0 Å². The molecule has 0 fully saturated rings. The van der Waals surface area contributed by atoms with Gasteiger partial charge in [-0.05, 0) is 24.5 Å². The van der Waals surface area contributed by atoms with E-state index < -0.39 is 0 Å². The Balaban J connectivity index is 1.48. The van der Waals surface area contributed by atoms with Gasteiger partial charge < -0.3 is 5.32 Å². The first-order valence-corrected chi connectivity index (χ1v) is 8.22. The van der Waals surface area contributed by atoms with Gasteiger partial charge in [0.1, 0.15) is 5.51 Å². The molecule has 0 saturated heterocycles. The van der Waals surface area contributed by atoms with Crippen LogP contribution in [0.15, 0.2) is 29.8 Å². The van der Waals surface area contributed by atoms with Crippen molar-refractivity contribution in [1.29, 1.82) is 0 Å². The summed E-state index contributed by atoms with van der Waals surface area (Å²) >= 11 is 1.30. The van der Waals surface area contributed by atoms with Crippen LogP contribution in [-0.4, -0.2) is 40.3 Å². The molecule has 2 amide bonds. The fourth-order valence-electron chi connectivity index (χ4n) is 2.63. The number of fused-ring (bicyclic) bond motifs is 1. The summed E-state index contributed by atoms with van der Waals surface area (Å²) in [6, 6.07) is 8.61. The lowest BCUT2D eigenvalue weighted by molar-refractivity contribution is 0.186. The minimum Gasteiger partial charge on any atom is -0.336 e. The topological polar surface area (TPSA) is 70.1 Å². The summed E-state index contributed by atoms with van der Waals surface area (Å²) in [6.07, 6.45) is 1.07. The van der Waals surface area contributed by atoms with E-state index in [4.69, 9.17) is 0 Å². The van der Waals surface area contributed by atoms with Crippen molar-refractivity contribution in [2.24, 2.45) is 0 Å². The summed E-state index contributed by atoms with van der Waals surface area (Å²) in [5, 5.41) is 13.5. The van der Waals surface area contributed by atoms with E-state index in [2.05, 4.69) is 56.9 Å². The Morgan fingerprint density at radius 3 is 3.00 bits per heavy atom. The molecule has 1 aliphatic heterocycles. The highest BCUT2D eigenvalue weighted by Gasteiger charge is 2.20. The van der Waals surface area contributed by atoms with Gasteiger partial charge in [-0.3, -0.25) is 10.2 Å². The number of benzene rings is 1. The molecule has 0 spiro atoms. The van der Waals surface area contributed by atoms with Gasteiger partial charge in [0, 0.05) is 25.7 Å². The number of urea groups is 1. The number of anilines is 1. The van der Waals surface area contributed by atoms with E-state index >= 15 is 0 Å². The second kappa shape index (κ2) is 6.85. The Kier molecular flexibility index (Phi) is 4.65. The minimum absolute atomic E-state index is 0.235. The fourth-order valence-corrected chi connectivity index (χ4v) is 3.07. The second-order valence-corrected chi connectivity index (χ2v) is 6.25. The molecule has 116 valence electrons. The lowest BCUT2D eigenvalue weighted by Crippen LogP contribution is -2.45. The molecule has 22 heavy (non-hydrogen) atoms.